The Balaban J connectivity index is 4.08. The molecule has 1 nitrogen and oxygen atoms in total. The molecule has 0 radical (unpaired) electrons. The molecule has 3 heteroatoms. The van der Waals surface area contributed by atoms with E-state index in [2.05, 4.69) is 65.2 Å². The zero-order valence-electron chi connectivity index (χ0n) is 10.2. The molecule has 0 saturated carbocycles. The lowest BCUT2D eigenvalue weighted by molar-refractivity contribution is 0.252. The van der Waals surface area contributed by atoms with E-state index in [1.54, 1.807) is 0 Å². The van der Waals surface area contributed by atoms with E-state index in [4.69, 9.17) is 0 Å². The molecule has 0 rings (SSSR count). The Labute approximate surface area is 95.8 Å². The SMILES string of the molecule is BC(C)C(C)CN(C/C=C\C)C(C)S. The molecule has 0 amide bonds. The first-order valence-electron chi connectivity index (χ1n) is 5.52. The lowest BCUT2D eigenvalue weighted by Gasteiger charge is -2.29. The van der Waals surface area contributed by atoms with Crippen molar-refractivity contribution in [3.8, 4) is 0 Å². The summed E-state index contributed by atoms with van der Waals surface area (Å²) in [5.41, 5.74) is 0. The molecule has 0 saturated heterocycles. The van der Waals surface area contributed by atoms with E-state index in [0.717, 1.165) is 24.8 Å². The molecule has 0 aliphatic rings. The van der Waals surface area contributed by atoms with Gasteiger partial charge in [-0.15, -0.1) is 0 Å². The van der Waals surface area contributed by atoms with Gasteiger partial charge in [0.15, 0.2) is 0 Å². The minimum atomic E-state index is 0.340. The first kappa shape index (κ1) is 14.1. The van der Waals surface area contributed by atoms with Gasteiger partial charge in [-0.3, -0.25) is 4.90 Å². The molecule has 0 N–H and O–H groups in total. The van der Waals surface area contributed by atoms with Crippen LogP contribution in [0.15, 0.2) is 12.2 Å². The summed E-state index contributed by atoms with van der Waals surface area (Å²) >= 11 is 4.50. The van der Waals surface area contributed by atoms with E-state index >= 15 is 0 Å². The molecule has 0 aromatic heterocycles. The number of allylic oxidation sites excluding steroid dienone is 1. The van der Waals surface area contributed by atoms with Crippen LogP contribution in [0.3, 0.4) is 0 Å². The third kappa shape index (κ3) is 5.76. The standard InChI is InChI=1S/C11H24BNS/c1-5-6-7-13(11(4)14)8-9(2)10(3)12/h5-6,9-11,14H,7-8,12H2,1-4H3/b6-5-. The summed E-state index contributed by atoms with van der Waals surface area (Å²) in [5, 5.41) is 0.340. The second-order valence-corrected chi connectivity index (χ2v) is 5.12. The maximum atomic E-state index is 4.50. The third-order valence-corrected chi connectivity index (χ3v) is 3.09. The van der Waals surface area contributed by atoms with E-state index in [-0.39, 0.29) is 0 Å². The fraction of sp³-hybridized carbons (Fsp3) is 0.818. The average Bonchev–Trinajstić information content (AvgIpc) is 2.10. The normalized spacial score (nSPS) is 18.7. The highest BCUT2D eigenvalue weighted by Gasteiger charge is 2.14. The Morgan fingerprint density at radius 1 is 1.36 bits per heavy atom. The first-order valence-corrected chi connectivity index (χ1v) is 6.04. The van der Waals surface area contributed by atoms with Crippen molar-refractivity contribution >= 4 is 20.5 Å². The van der Waals surface area contributed by atoms with Gasteiger partial charge in [-0.1, -0.05) is 31.8 Å². The fourth-order valence-corrected chi connectivity index (χ4v) is 1.39. The molecule has 0 fully saturated rings. The van der Waals surface area contributed by atoms with Gasteiger partial charge in [-0.05, 0) is 19.8 Å². The summed E-state index contributed by atoms with van der Waals surface area (Å²) in [6.07, 6.45) is 4.29. The predicted molar refractivity (Wildman–Crippen MR) is 72.0 cm³/mol. The van der Waals surface area contributed by atoms with Crippen molar-refractivity contribution in [1.29, 1.82) is 0 Å². The van der Waals surface area contributed by atoms with Crippen molar-refractivity contribution < 1.29 is 0 Å². The number of hydrogen-bond donors (Lipinski definition) is 1. The Morgan fingerprint density at radius 2 is 1.93 bits per heavy atom. The van der Waals surface area contributed by atoms with Crippen molar-refractivity contribution in [2.45, 2.75) is 38.9 Å². The molecule has 82 valence electrons. The Bertz CT molecular complexity index is 169. The van der Waals surface area contributed by atoms with Crippen molar-refractivity contribution in [3.05, 3.63) is 12.2 Å². The second-order valence-electron chi connectivity index (χ2n) is 4.38. The van der Waals surface area contributed by atoms with Crippen molar-refractivity contribution in [2.75, 3.05) is 13.1 Å². The fourth-order valence-electron chi connectivity index (χ4n) is 1.20. The van der Waals surface area contributed by atoms with Crippen molar-refractivity contribution in [2.24, 2.45) is 5.92 Å². The first-order chi connectivity index (χ1) is 6.49. The molecule has 3 atom stereocenters. The Morgan fingerprint density at radius 3 is 2.29 bits per heavy atom. The molecular formula is C11H24BNS. The molecule has 0 aromatic rings. The minimum Gasteiger partial charge on any atom is -0.288 e. The maximum Gasteiger partial charge on any atom is 0.105 e. The van der Waals surface area contributed by atoms with E-state index in [9.17, 15) is 0 Å². The quantitative estimate of drug-likeness (QED) is 0.306. The van der Waals surface area contributed by atoms with Crippen LogP contribution in [-0.4, -0.2) is 31.2 Å². The molecular weight excluding hydrogens is 189 g/mol. The lowest BCUT2D eigenvalue weighted by atomic mass is 9.79. The summed E-state index contributed by atoms with van der Waals surface area (Å²) in [7, 11) is 2.28. The van der Waals surface area contributed by atoms with Crippen LogP contribution < -0.4 is 0 Å². The molecule has 0 aliphatic carbocycles. The topological polar surface area (TPSA) is 3.24 Å². The van der Waals surface area contributed by atoms with Crippen LogP contribution in [-0.2, 0) is 0 Å². The van der Waals surface area contributed by atoms with Gasteiger partial charge in [0, 0.05) is 13.1 Å². The van der Waals surface area contributed by atoms with Gasteiger partial charge in [0.1, 0.15) is 7.85 Å². The zero-order valence-corrected chi connectivity index (χ0v) is 11.1. The lowest BCUT2D eigenvalue weighted by Crippen LogP contribution is -2.34. The van der Waals surface area contributed by atoms with E-state index < -0.39 is 0 Å². The largest absolute Gasteiger partial charge is 0.288 e. The molecule has 0 heterocycles. The third-order valence-electron chi connectivity index (χ3n) is 2.76. The second kappa shape index (κ2) is 7.41. The van der Waals surface area contributed by atoms with Crippen LogP contribution in [0.2, 0.25) is 5.82 Å². The number of nitrogens with zero attached hydrogens (tertiary/aromatic N) is 1. The summed E-state index contributed by atoms with van der Waals surface area (Å²) in [4.78, 5) is 2.40. The van der Waals surface area contributed by atoms with Gasteiger partial charge in [0.2, 0.25) is 0 Å². The highest BCUT2D eigenvalue weighted by molar-refractivity contribution is 7.80. The summed E-state index contributed by atoms with van der Waals surface area (Å²) < 4.78 is 0. The summed E-state index contributed by atoms with van der Waals surface area (Å²) in [5.74, 6) is 1.48. The van der Waals surface area contributed by atoms with E-state index in [1.165, 1.54) is 0 Å². The summed E-state index contributed by atoms with van der Waals surface area (Å²) in [6, 6.07) is 0. The predicted octanol–water partition coefficient (Wildman–Crippen LogP) is 2.22. The smallest absolute Gasteiger partial charge is 0.105 e. The Kier molecular flexibility index (Phi) is 7.47. The Hall–Kier alpha value is 0.115. The molecule has 0 aromatic carbocycles. The molecule has 3 unspecified atom stereocenters. The molecule has 0 aliphatic heterocycles. The van der Waals surface area contributed by atoms with Gasteiger partial charge < -0.3 is 0 Å². The van der Waals surface area contributed by atoms with Crippen LogP contribution in [0, 0.1) is 5.92 Å². The van der Waals surface area contributed by atoms with E-state index in [1.807, 2.05) is 0 Å². The van der Waals surface area contributed by atoms with Crippen molar-refractivity contribution in [3.63, 3.8) is 0 Å². The molecule has 14 heavy (non-hydrogen) atoms. The van der Waals surface area contributed by atoms with Gasteiger partial charge >= 0.3 is 0 Å². The average molecular weight is 213 g/mol. The van der Waals surface area contributed by atoms with E-state index in [0.29, 0.717) is 5.37 Å². The van der Waals surface area contributed by atoms with Crippen LogP contribution in [0.5, 0.6) is 0 Å². The van der Waals surface area contributed by atoms with Gasteiger partial charge in [-0.25, -0.2) is 0 Å². The molecule has 0 spiro atoms. The number of hydrogen-bond acceptors (Lipinski definition) is 2. The van der Waals surface area contributed by atoms with Crippen LogP contribution in [0.25, 0.3) is 0 Å². The maximum absolute atomic E-state index is 4.50. The number of thiol groups is 1. The van der Waals surface area contributed by atoms with Gasteiger partial charge in [-0.2, -0.15) is 12.6 Å². The highest BCUT2D eigenvalue weighted by atomic mass is 32.1. The summed E-state index contributed by atoms with van der Waals surface area (Å²) in [6.45, 7) is 10.9. The highest BCUT2D eigenvalue weighted by Crippen LogP contribution is 2.16. The van der Waals surface area contributed by atoms with Gasteiger partial charge in [0.05, 0.1) is 5.37 Å². The monoisotopic (exact) mass is 213 g/mol. The van der Waals surface area contributed by atoms with Gasteiger partial charge in [0.25, 0.3) is 0 Å². The van der Waals surface area contributed by atoms with Crippen LogP contribution >= 0.6 is 12.6 Å². The number of rotatable bonds is 6. The van der Waals surface area contributed by atoms with Crippen LogP contribution in [0.4, 0.5) is 0 Å². The zero-order chi connectivity index (χ0) is 11.1. The molecule has 0 bridgehead atoms. The minimum absolute atomic E-state index is 0.340. The van der Waals surface area contributed by atoms with Crippen LogP contribution in [0.1, 0.15) is 27.7 Å². The van der Waals surface area contributed by atoms with Crippen molar-refractivity contribution in [1.82, 2.24) is 4.90 Å².